The van der Waals surface area contributed by atoms with Gasteiger partial charge in [0.1, 0.15) is 18.2 Å². The molecule has 0 fully saturated rings. The molecule has 0 saturated heterocycles. The van der Waals surface area contributed by atoms with E-state index in [1.54, 1.807) is 19.9 Å². The molecule has 1 atom stereocenters. The van der Waals surface area contributed by atoms with Crippen LogP contribution in [0.4, 0.5) is 0 Å². The molecule has 0 aliphatic rings. The number of nitrogens with zero attached hydrogens (tertiary/aromatic N) is 3. The van der Waals surface area contributed by atoms with Crippen molar-refractivity contribution in [3.8, 4) is 6.07 Å². The third-order valence-electron chi connectivity index (χ3n) is 2.82. The van der Waals surface area contributed by atoms with E-state index in [1.165, 1.54) is 17.9 Å². The number of aryl methyl sites for hydroxylation is 1. The lowest BCUT2D eigenvalue weighted by Crippen LogP contribution is -2.46. The Labute approximate surface area is 121 Å². The first kappa shape index (κ1) is 16.7. The minimum absolute atomic E-state index is 0.172. The van der Waals surface area contributed by atoms with Crippen LogP contribution in [0.1, 0.15) is 19.4 Å². The molecule has 0 aromatic carbocycles. The van der Waals surface area contributed by atoms with Crippen LogP contribution in [-0.4, -0.2) is 34.8 Å². The minimum Gasteiger partial charge on any atom is -0.383 e. The Bertz CT molecular complexity index is 668. The average Bonchev–Trinajstić information content (AvgIpc) is 2.44. The van der Waals surface area contributed by atoms with E-state index in [-0.39, 0.29) is 11.6 Å². The fraction of sp³-hybridized carbons (Fsp3) is 0.538. The summed E-state index contributed by atoms with van der Waals surface area (Å²) in [5, 5.41) is 11.5. The molecule has 0 aliphatic carbocycles. The maximum atomic E-state index is 12.0. The Morgan fingerprint density at radius 3 is 2.71 bits per heavy atom. The molecule has 8 heteroatoms. The molecular weight excluding hydrogens is 276 g/mol. The SMILES string of the molecule is CCn1cc(C#N)c(=O)n(CC(=O)NC(C)COC)c1=O. The van der Waals surface area contributed by atoms with Crippen LogP contribution in [0.3, 0.4) is 0 Å². The Balaban J connectivity index is 3.09. The van der Waals surface area contributed by atoms with Crippen LogP contribution in [0.15, 0.2) is 15.8 Å². The molecule has 1 aromatic rings. The van der Waals surface area contributed by atoms with Crippen LogP contribution >= 0.6 is 0 Å². The first-order chi connectivity index (χ1) is 9.94. The molecule has 0 radical (unpaired) electrons. The molecule has 0 bridgehead atoms. The second kappa shape index (κ2) is 7.40. The number of nitriles is 1. The van der Waals surface area contributed by atoms with Gasteiger partial charge < -0.3 is 10.1 Å². The van der Waals surface area contributed by atoms with E-state index < -0.39 is 23.7 Å². The van der Waals surface area contributed by atoms with Gasteiger partial charge in [0, 0.05) is 25.9 Å². The van der Waals surface area contributed by atoms with Crippen LogP contribution in [0.5, 0.6) is 0 Å². The lowest BCUT2D eigenvalue weighted by Gasteiger charge is -2.14. The molecule has 21 heavy (non-hydrogen) atoms. The predicted octanol–water partition coefficient (Wildman–Crippen LogP) is -0.947. The summed E-state index contributed by atoms with van der Waals surface area (Å²) >= 11 is 0. The van der Waals surface area contributed by atoms with Crippen molar-refractivity contribution in [1.29, 1.82) is 5.26 Å². The molecule has 1 heterocycles. The van der Waals surface area contributed by atoms with Crippen molar-refractivity contribution < 1.29 is 9.53 Å². The van der Waals surface area contributed by atoms with Crippen LogP contribution in [0.2, 0.25) is 0 Å². The number of ether oxygens (including phenoxy) is 1. The first-order valence-corrected chi connectivity index (χ1v) is 6.47. The summed E-state index contributed by atoms with van der Waals surface area (Å²) in [4.78, 5) is 35.9. The van der Waals surface area contributed by atoms with Gasteiger partial charge in [-0.2, -0.15) is 5.26 Å². The summed E-state index contributed by atoms with van der Waals surface area (Å²) in [5.74, 6) is -0.489. The molecule has 8 nitrogen and oxygen atoms in total. The molecule has 0 spiro atoms. The maximum absolute atomic E-state index is 12.0. The fourth-order valence-corrected chi connectivity index (χ4v) is 1.85. The van der Waals surface area contributed by atoms with E-state index in [2.05, 4.69) is 5.32 Å². The van der Waals surface area contributed by atoms with Gasteiger partial charge in [0.25, 0.3) is 5.56 Å². The van der Waals surface area contributed by atoms with E-state index in [1.807, 2.05) is 0 Å². The first-order valence-electron chi connectivity index (χ1n) is 6.47. The summed E-state index contributed by atoms with van der Waals surface area (Å²) in [5.41, 5.74) is -1.55. The lowest BCUT2D eigenvalue weighted by molar-refractivity contribution is -0.122. The molecule has 1 amide bonds. The van der Waals surface area contributed by atoms with Gasteiger partial charge in [-0.25, -0.2) is 9.36 Å². The van der Waals surface area contributed by atoms with Crippen molar-refractivity contribution in [2.45, 2.75) is 33.0 Å². The Hall–Kier alpha value is -2.40. The average molecular weight is 294 g/mol. The second-order valence-electron chi connectivity index (χ2n) is 4.54. The number of hydrogen-bond acceptors (Lipinski definition) is 5. The number of carbonyl (C=O) groups is 1. The Kier molecular flexibility index (Phi) is 5.87. The summed E-state index contributed by atoms with van der Waals surface area (Å²) < 4.78 is 6.86. The number of hydrogen-bond donors (Lipinski definition) is 1. The van der Waals surface area contributed by atoms with Crippen LogP contribution in [0.25, 0.3) is 0 Å². The molecule has 1 rings (SSSR count). The van der Waals surface area contributed by atoms with Gasteiger partial charge in [-0.3, -0.25) is 14.2 Å². The van der Waals surface area contributed by atoms with Crippen LogP contribution < -0.4 is 16.6 Å². The largest absolute Gasteiger partial charge is 0.383 e. The number of methoxy groups -OCH3 is 1. The third kappa shape index (κ3) is 4.03. The second-order valence-corrected chi connectivity index (χ2v) is 4.54. The standard InChI is InChI=1S/C13H18N4O4/c1-4-16-6-10(5-14)12(19)17(13(16)20)7-11(18)15-9(2)8-21-3/h6,9H,4,7-8H2,1-3H3,(H,15,18). The van der Waals surface area contributed by atoms with Gasteiger partial charge in [-0.1, -0.05) is 0 Å². The van der Waals surface area contributed by atoms with Crippen LogP contribution in [0, 0.1) is 11.3 Å². The van der Waals surface area contributed by atoms with Gasteiger partial charge in [-0.05, 0) is 13.8 Å². The molecule has 1 N–H and O–H groups in total. The quantitative estimate of drug-likeness (QED) is 0.728. The van der Waals surface area contributed by atoms with Gasteiger partial charge in [0.2, 0.25) is 5.91 Å². The van der Waals surface area contributed by atoms with E-state index >= 15 is 0 Å². The Morgan fingerprint density at radius 1 is 1.52 bits per heavy atom. The number of amides is 1. The maximum Gasteiger partial charge on any atom is 0.331 e. The van der Waals surface area contributed by atoms with Gasteiger partial charge in [-0.15, -0.1) is 0 Å². The highest BCUT2D eigenvalue weighted by atomic mass is 16.5. The lowest BCUT2D eigenvalue weighted by atomic mass is 10.3. The zero-order chi connectivity index (χ0) is 16.0. The zero-order valence-corrected chi connectivity index (χ0v) is 12.3. The third-order valence-corrected chi connectivity index (χ3v) is 2.82. The molecular formula is C13H18N4O4. The minimum atomic E-state index is -0.762. The highest BCUT2D eigenvalue weighted by Crippen LogP contribution is 1.89. The summed E-state index contributed by atoms with van der Waals surface area (Å²) in [6.45, 7) is 3.63. The van der Waals surface area contributed by atoms with E-state index in [0.29, 0.717) is 13.2 Å². The van der Waals surface area contributed by atoms with E-state index in [0.717, 1.165) is 4.57 Å². The molecule has 0 aliphatic heterocycles. The number of carbonyl (C=O) groups excluding carboxylic acids is 1. The van der Waals surface area contributed by atoms with Crippen molar-refractivity contribution >= 4 is 5.91 Å². The van der Waals surface area contributed by atoms with Crippen molar-refractivity contribution in [3.05, 3.63) is 32.6 Å². The molecule has 1 unspecified atom stereocenters. The van der Waals surface area contributed by atoms with Crippen molar-refractivity contribution in [3.63, 3.8) is 0 Å². The summed E-state index contributed by atoms with van der Waals surface area (Å²) in [6, 6.07) is 1.48. The van der Waals surface area contributed by atoms with Crippen molar-refractivity contribution in [1.82, 2.24) is 14.5 Å². The van der Waals surface area contributed by atoms with Crippen LogP contribution in [-0.2, 0) is 22.6 Å². The number of nitrogens with one attached hydrogen (secondary N) is 1. The van der Waals surface area contributed by atoms with E-state index in [9.17, 15) is 14.4 Å². The van der Waals surface area contributed by atoms with Crippen molar-refractivity contribution in [2.75, 3.05) is 13.7 Å². The fourth-order valence-electron chi connectivity index (χ4n) is 1.85. The van der Waals surface area contributed by atoms with Gasteiger partial charge in [0.15, 0.2) is 0 Å². The molecule has 1 aromatic heterocycles. The monoisotopic (exact) mass is 294 g/mol. The molecule has 0 saturated carbocycles. The van der Waals surface area contributed by atoms with E-state index in [4.69, 9.17) is 10.00 Å². The number of aromatic nitrogens is 2. The van der Waals surface area contributed by atoms with Gasteiger partial charge >= 0.3 is 5.69 Å². The topological polar surface area (TPSA) is 106 Å². The Morgan fingerprint density at radius 2 is 2.19 bits per heavy atom. The highest BCUT2D eigenvalue weighted by Gasteiger charge is 2.14. The number of rotatable bonds is 6. The summed E-state index contributed by atoms with van der Waals surface area (Å²) in [6.07, 6.45) is 1.20. The predicted molar refractivity (Wildman–Crippen MR) is 74.8 cm³/mol. The zero-order valence-electron chi connectivity index (χ0n) is 12.3. The van der Waals surface area contributed by atoms with Crippen molar-refractivity contribution in [2.24, 2.45) is 0 Å². The highest BCUT2D eigenvalue weighted by molar-refractivity contribution is 5.76. The smallest absolute Gasteiger partial charge is 0.331 e. The molecule has 114 valence electrons. The summed E-state index contributed by atoms with van der Waals surface area (Å²) in [7, 11) is 1.50. The van der Waals surface area contributed by atoms with Gasteiger partial charge in [0.05, 0.1) is 6.61 Å². The normalized spacial score (nSPS) is 11.7.